The zero-order chi connectivity index (χ0) is 19.9. The number of nitrogens with one attached hydrogen (secondary N) is 2. The van der Waals surface area contributed by atoms with Crippen molar-refractivity contribution in [3.8, 4) is 11.4 Å². The molecular weight excluding hydrogens is 495 g/mol. The van der Waals surface area contributed by atoms with Gasteiger partial charge in [-0.25, -0.2) is 4.98 Å². The molecule has 2 saturated heterocycles. The number of halogens is 1. The second-order valence-electron chi connectivity index (χ2n) is 7.59. The van der Waals surface area contributed by atoms with Crippen molar-refractivity contribution in [2.75, 3.05) is 33.4 Å². The van der Waals surface area contributed by atoms with Crippen LogP contribution in [0.4, 0.5) is 0 Å². The zero-order valence-electron chi connectivity index (χ0n) is 17.4. The van der Waals surface area contributed by atoms with Gasteiger partial charge in [-0.3, -0.25) is 10.1 Å². The first-order valence-corrected chi connectivity index (χ1v) is 10.5. The van der Waals surface area contributed by atoms with Crippen LogP contribution in [0.2, 0.25) is 0 Å². The third-order valence-electron chi connectivity index (χ3n) is 5.56. The number of nitrogens with zero attached hydrogens (tertiary/aromatic N) is 4. The van der Waals surface area contributed by atoms with Gasteiger partial charge in [0.25, 0.3) is 0 Å². The number of guanidine groups is 1. The van der Waals surface area contributed by atoms with Crippen molar-refractivity contribution >= 4 is 29.9 Å². The van der Waals surface area contributed by atoms with Crippen molar-refractivity contribution in [1.29, 1.82) is 0 Å². The quantitative estimate of drug-likeness (QED) is 0.342. The third-order valence-corrected chi connectivity index (χ3v) is 5.56. The summed E-state index contributed by atoms with van der Waals surface area (Å²) in [4.78, 5) is 11.0. The minimum atomic E-state index is 0. The Hall–Kier alpha value is -1.72. The van der Waals surface area contributed by atoms with Crippen LogP contribution < -0.4 is 5.32 Å². The van der Waals surface area contributed by atoms with Crippen LogP contribution in [0, 0.1) is 0 Å². The summed E-state index contributed by atoms with van der Waals surface area (Å²) in [6, 6.07) is 8.28. The van der Waals surface area contributed by atoms with Gasteiger partial charge in [-0.05, 0) is 37.3 Å². The number of aliphatic imine (C=N–C) groups is 1. The number of aromatic nitrogens is 3. The fourth-order valence-electron chi connectivity index (χ4n) is 3.94. The molecule has 0 bridgehead atoms. The van der Waals surface area contributed by atoms with E-state index in [0.717, 1.165) is 69.3 Å². The molecule has 0 radical (unpaired) electrons. The first-order chi connectivity index (χ1) is 14.3. The molecule has 8 nitrogen and oxygen atoms in total. The van der Waals surface area contributed by atoms with E-state index < -0.39 is 0 Å². The monoisotopic (exact) mass is 526 g/mol. The number of hydrogen-bond acceptors (Lipinski definition) is 5. The molecule has 0 aliphatic carbocycles. The predicted molar refractivity (Wildman–Crippen MR) is 127 cm³/mol. The Labute approximate surface area is 194 Å². The van der Waals surface area contributed by atoms with Gasteiger partial charge in [-0.1, -0.05) is 18.2 Å². The zero-order valence-corrected chi connectivity index (χ0v) is 19.7. The van der Waals surface area contributed by atoms with Crippen molar-refractivity contribution in [2.45, 2.75) is 44.4 Å². The van der Waals surface area contributed by atoms with Gasteiger partial charge < -0.3 is 19.7 Å². The first-order valence-electron chi connectivity index (χ1n) is 10.5. The summed E-state index contributed by atoms with van der Waals surface area (Å²) in [7, 11) is 1.84. The molecule has 9 heteroatoms. The van der Waals surface area contributed by atoms with Crippen molar-refractivity contribution in [2.24, 2.45) is 4.99 Å². The van der Waals surface area contributed by atoms with Gasteiger partial charge in [0.1, 0.15) is 6.33 Å². The molecule has 2 aromatic rings. The lowest BCUT2D eigenvalue weighted by molar-refractivity contribution is -0.0367. The van der Waals surface area contributed by atoms with Crippen LogP contribution in [0.25, 0.3) is 11.4 Å². The number of piperidine rings is 1. The standard InChI is InChI=1S/C21H30N6O2.HI/c1-22-21(23-13-16-4-2-5-17(12-16)20-24-15-25-26-20)27-9-7-18(8-10-27)29-14-19-6-3-11-28-19;/h2,4-5,12,15,18-19H,3,6-11,13-14H2,1H3,(H,22,23)(H,24,25,26);1H. The molecule has 1 aromatic heterocycles. The predicted octanol–water partition coefficient (Wildman–Crippen LogP) is 2.83. The van der Waals surface area contributed by atoms with Crippen molar-refractivity contribution in [3.63, 3.8) is 0 Å². The van der Waals surface area contributed by atoms with Gasteiger partial charge in [0.05, 0.1) is 18.8 Å². The Morgan fingerprint density at radius 1 is 1.33 bits per heavy atom. The van der Waals surface area contributed by atoms with E-state index in [1.165, 1.54) is 11.9 Å². The molecule has 30 heavy (non-hydrogen) atoms. The summed E-state index contributed by atoms with van der Waals surface area (Å²) in [6.45, 7) is 4.24. The Balaban J connectivity index is 0.00000256. The molecule has 3 heterocycles. The molecule has 0 amide bonds. The molecule has 4 rings (SSSR count). The van der Waals surface area contributed by atoms with Crippen LogP contribution in [0.3, 0.4) is 0 Å². The van der Waals surface area contributed by atoms with Crippen molar-refractivity contribution < 1.29 is 9.47 Å². The van der Waals surface area contributed by atoms with Crippen molar-refractivity contribution in [1.82, 2.24) is 25.4 Å². The minimum Gasteiger partial charge on any atom is -0.376 e. The fraction of sp³-hybridized carbons (Fsp3) is 0.571. The Bertz CT molecular complexity index is 787. The fourth-order valence-corrected chi connectivity index (χ4v) is 3.94. The van der Waals surface area contributed by atoms with Gasteiger partial charge in [-0.15, -0.1) is 24.0 Å². The van der Waals surface area contributed by atoms with E-state index >= 15 is 0 Å². The normalized spacial score (nSPS) is 20.2. The Morgan fingerprint density at radius 2 is 2.20 bits per heavy atom. The van der Waals surface area contributed by atoms with E-state index in [9.17, 15) is 0 Å². The highest BCUT2D eigenvalue weighted by molar-refractivity contribution is 14.0. The van der Waals surface area contributed by atoms with Crippen LogP contribution in [0.5, 0.6) is 0 Å². The lowest BCUT2D eigenvalue weighted by Crippen LogP contribution is -2.47. The second-order valence-corrected chi connectivity index (χ2v) is 7.59. The first kappa shape index (κ1) is 23.0. The van der Waals surface area contributed by atoms with Crippen LogP contribution in [0.1, 0.15) is 31.2 Å². The third kappa shape index (κ3) is 6.14. The summed E-state index contributed by atoms with van der Waals surface area (Å²) in [5.41, 5.74) is 2.20. The number of aromatic amines is 1. The molecule has 1 atom stereocenters. The minimum absolute atomic E-state index is 0. The Morgan fingerprint density at radius 3 is 2.90 bits per heavy atom. The number of benzene rings is 1. The molecule has 1 aromatic carbocycles. The lowest BCUT2D eigenvalue weighted by atomic mass is 10.1. The lowest BCUT2D eigenvalue weighted by Gasteiger charge is -2.34. The van der Waals surface area contributed by atoms with E-state index in [0.29, 0.717) is 18.8 Å². The summed E-state index contributed by atoms with van der Waals surface area (Å²) in [5.74, 6) is 1.72. The second kappa shape index (κ2) is 11.6. The van der Waals surface area contributed by atoms with Gasteiger partial charge in [-0.2, -0.15) is 5.10 Å². The van der Waals surface area contributed by atoms with E-state index in [2.05, 4.69) is 42.5 Å². The van der Waals surface area contributed by atoms with E-state index in [1.54, 1.807) is 0 Å². The summed E-state index contributed by atoms with van der Waals surface area (Å²) < 4.78 is 11.7. The molecule has 0 saturated carbocycles. The molecule has 2 aliphatic rings. The number of H-pyrrole nitrogens is 1. The van der Waals surface area contributed by atoms with Gasteiger partial charge in [0.15, 0.2) is 11.8 Å². The van der Waals surface area contributed by atoms with Crippen LogP contribution in [-0.2, 0) is 16.0 Å². The largest absolute Gasteiger partial charge is 0.376 e. The number of hydrogen-bond donors (Lipinski definition) is 2. The molecule has 0 spiro atoms. The van der Waals surface area contributed by atoms with Crippen LogP contribution in [-0.4, -0.2) is 71.6 Å². The number of rotatable bonds is 6. The van der Waals surface area contributed by atoms with E-state index in [4.69, 9.17) is 9.47 Å². The van der Waals surface area contributed by atoms with Gasteiger partial charge in [0.2, 0.25) is 0 Å². The highest BCUT2D eigenvalue weighted by Gasteiger charge is 2.24. The maximum absolute atomic E-state index is 6.08. The molecular formula is C21H31IN6O2. The molecule has 2 aliphatic heterocycles. The maximum Gasteiger partial charge on any atom is 0.193 e. The average molecular weight is 526 g/mol. The molecule has 2 fully saturated rings. The van der Waals surface area contributed by atoms with E-state index in [1.807, 2.05) is 19.2 Å². The molecule has 164 valence electrons. The van der Waals surface area contributed by atoms with Crippen LogP contribution >= 0.6 is 24.0 Å². The summed E-state index contributed by atoms with van der Waals surface area (Å²) >= 11 is 0. The van der Waals surface area contributed by atoms with Crippen LogP contribution in [0.15, 0.2) is 35.6 Å². The molecule has 1 unspecified atom stereocenters. The summed E-state index contributed by atoms with van der Waals surface area (Å²) in [6.07, 6.45) is 6.49. The SMILES string of the molecule is CN=C(NCc1cccc(-c2ncn[nH]2)c1)N1CCC(OCC2CCCO2)CC1.I. The van der Waals surface area contributed by atoms with Gasteiger partial charge in [0, 0.05) is 38.9 Å². The topological polar surface area (TPSA) is 87.7 Å². The highest BCUT2D eigenvalue weighted by atomic mass is 127. The highest BCUT2D eigenvalue weighted by Crippen LogP contribution is 2.18. The number of likely N-dealkylation sites (tertiary alicyclic amines) is 1. The maximum atomic E-state index is 6.08. The van der Waals surface area contributed by atoms with E-state index in [-0.39, 0.29) is 24.0 Å². The van der Waals surface area contributed by atoms with Gasteiger partial charge >= 0.3 is 0 Å². The average Bonchev–Trinajstić information content (AvgIpc) is 3.48. The molecule has 2 N–H and O–H groups in total. The smallest absolute Gasteiger partial charge is 0.193 e. The van der Waals surface area contributed by atoms with Crippen molar-refractivity contribution in [3.05, 3.63) is 36.2 Å². The Kier molecular flexibility index (Phi) is 8.88. The number of ether oxygens (including phenoxy) is 2. The summed E-state index contributed by atoms with van der Waals surface area (Å²) in [5, 5.41) is 10.3.